The first-order valence-corrected chi connectivity index (χ1v) is 4.30. The van der Waals surface area contributed by atoms with Crippen LogP contribution in [-0.2, 0) is 14.2 Å². The Morgan fingerprint density at radius 3 is 2.29 bits per heavy atom. The molecule has 0 aliphatic heterocycles. The van der Waals surface area contributed by atoms with Gasteiger partial charge >= 0.3 is 14.0 Å². The minimum atomic E-state index is -0.791. The van der Waals surface area contributed by atoms with E-state index in [1.54, 1.807) is 24.3 Å². The van der Waals surface area contributed by atoms with Crippen LogP contribution in [0.5, 0.6) is 0 Å². The van der Waals surface area contributed by atoms with Crippen LogP contribution in [0.15, 0.2) is 30.3 Å². The molecule has 0 radical (unpaired) electrons. The van der Waals surface area contributed by atoms with Crippen molar-refractivity contribution in [1.82, 2.24) is 0 Å². The van der Waals surface area contributed by atoms with Gasteiger partial charge in [0.15, 0.2) is 0 Å². The van der Waals surface area contributed by atoms with E-state index in [4.69, 9.17) is 0 Å². The summed E-state index contributed by atoms with van der Waals surface area (Å²) in [5, 5.41) is 0. The summed E-state index contributed by atoms with van der Waals surface area (Å²) >= 11 is 0. The van der Waals surface area contributed by atoms with E-state index in [1.807, 2.05) is 6.07 Å². The van der Waals surface area contributed by atoms with E-state index in [1.165, 1.54) is 15.0 Å². The maximum Gasteiger partial charge on any atom is 0.326 e. The summed E-state index contributed by atoms with van der Waals surface area (Å²) in [5.74, 6) is -1.51. The Labute approximate surface area is 83.5 Å². The van der Waals surface area contributed by atoms with Crippen LogP contribution in [0.1, 0.15) is 18.4 Å². The van der Waals surface area contributed by atoms with E-state index in [9.17, 15) is 9.59 Å². The van der Waals surface area contributed by atoms with Crippen LogP contribution < -0.4 is 0 Å². The maximum absolute atomic E-state index is 11.3. The van der Waals surface area contributed by atoms with Gasteiger partial charge in [0.1, 0.15) is 11.7 Å². The van der Waals surface area contributed by atoms with Crippen molar-refractivity contribution < 1.29 is 14.2 Å². The normalized spacial score (nSPS) is 11.8. The first-order chi connectivity index (χ1) is 6.66. The molecule has 1 rings (SSSR count). The van der Waals surface area contributed by atoms with Gasteiger partial charge in [0.2, 0.25) is 0 Å². The molecule has 1 atom stereocenters. The molecular formula is C10H11BO3. The summed E-state index contributed by atoms with van der Waals surface area (Å²) in [5.41, 5.74) is 0.673. The van der Waals surface area contributed by atoms with Gasteiger partial charge < -0.3 is 4.65 Å². The summed E-state index contributed by atoms with van der Waals surface area (Å²) < 4.78 is 4.57. The number of ketones is 1. The van der Waals surface area contributed by atoms with Gasteiger partial charge in [-0.1, -0.05) is 30.3 Å². The summed E-state index contributed by atoms with van der Waals surface area (Å²) in [6.45, 7) is 1.38. The minimum Gasteiger partial charge on any atom is -0.543 e. The van der Waals surface area contributed by atoms with Gasteiger partial charge in [0.25, 0.3) is 0 Å². The summed E-state index contributed by atoms with van der Waals surface area (Å²) in [6, 6.07) is 8.88. The molecule has 0 heterocycles. The zero-order valence-corrected chi connectivity index (χ0v) is 8.19. The third-order valence-electron chi connectivity index (χ3n) is 1.98. The highest BCUT2D eigenvalue weighted by molar-refractivity contribution is 6.12. The Morgan fingerprint density at radius 1 is 1.29 bits per heavy atom. The number of hydrogen-bond donors (Lipinski definition) is 0. The highest BCUT2D eigenvalue weighted by Gasteiger charge is 2.25. The Bertz CT molecular complexity index is 334. The molecule has 72 valence electrons. The smallest absolute Gasteiger partial charge is 0.326 e. The number of carbonyl (C=O) groups is 2. The van der Waals surface area contributed by atoms with Gasteiger partial charge in [-0.15, -0.1) is 0 Å². The van der Waals surface area contributed by atoms with Crippen molar-refractivity contribution in [2.24, 2.45) is 0 Å². The van der Waals surface area contributed by atoms with Gasteiger partial charge in [-0.2, -0.15) is 0 Å². The van der Waals surface area contributed by atoms with Crippen molar-refractivity contribution in [3.63, 3.8) is 0 Å². The van der Waals surface area contributed by atoms with Crippen LogP contribution in [0.3, 0.4) is 0 Å². The summed E-state index contributed by atoms with van der Waals surface area (Å²) in [4.78, 5) is 22.6. The van der Waals surface area contributed by atoms with Gasteiger partial charge in [0.05, 0.1) is 0 Å². The molecule has 0 saturated carbocycles. The Hall–Kier alpha value is -1.58. The van der Waals surface area contributed by atoms with E-state index >= 15 is 0 Å². The molecular weight excluding hydrogens is 179 g/mol. The monoisotopic (exact) mass is 190 g/mol. The van der Waals surface area contributed by atoms with E-state index < -0.39 is 11.9 Å². The van der Waals surface area contributed by atoms with Crippen LogP contribution in [0.25, 0.3) is 0 Å². The van der Waals surface area contributed by atoms with Gasteiger partial charge in [-0.05, 0) is 12.5 Å². The van der Waals surface area contributed by atoms with Crippen molar-refractivity contribution >= 4 is 19.8 Å². The maximum atomic E-state index is 11.3. The zero-order valence-electron chi connectivity index (χ0n) is 8.19. The second-order valence-corrected chi connectivity index (χ2v) is 2.98. The average molecular weight is 190 g/mol. The van der Waals surface area contributed by atoms with Crippen LogP contribution >= 0.6 is 0 Å². The van der Waals surface area contributed by atoms with E-state index in [0.717, 1.165) is 0 Å². The number of benzene rings is 1. The molecule has 1 aromatic carbocycles. The predicted molar refractivity (Wildman–Crippen MR) is 54.5 cm³/mol. The molecule has 0 bridgehead atoms. The van der Waals surface area contributed by atoms with E-state index in [0.29, 0.717) is 5.56 Å². The Kier molecular flexibility index (Phi) is 3.45. The van der Waals surface area contributed by atoms with E-state index in [-0.39, 0.29) is 5.78 Å². The zero-order chi connectivity index (χ0) is 10.6. The standard InChI is InChI=1S/C10H11BO3/c1-7(12)9(10(13)14-11)8-5-3-2-4-6-8/h2-6,9H,11H2,1H3. The number of Topliss-reactive ketones (excluding diaryl/α,β-unsaturated/α-hetero) is 1. The molecule has 1 unspecified atom stereocenters. The molecule has 1 aromatic rings. The summed E-state index contributed by atoms with van der Waals surface area (Å²) in [6.07, 6.45) is 0. The van der Waals surface area contributed by atoms with Crippen LogP contribution in [0.4, 0.5) is 0 Å². The Balaban J connectivity index is 3.01. The molecule has 4 heteroatoms. The molecule has 0 saturated heterocycles. The van der Waals surface area contributed by atoms with Gasteiger partial charge in [-0.3, -0.25) is 9.59 Å². The lowest BCUT2D eigenvalue weighted by molar-refractivity contribution is -0.139. The van der Waals surface area contributed by atoms with Crippen LogP contribution in [0, 0.1) is 0 Å². The van der Waals surface area contributed by atoms with Crippen molar-refractivity contribution in [3.05, 3.63) is 35.9 Å². The molecule has 0 fully saturated rings. The van der Waals surface area contributed by atoms with Gasteiger partial charge in [0, 0.05) is 0 Å². The topological polar surface area (TPSA) is 43.4 Å². The molecule has 0 aliphatic carbocycles. The first-order valence-electron chi connectivity index (χ1n) is 4.30. The van der Waals surface area contributed by atoms with E-state index in [2.05, 4.69) is 4.65 Å². The highest BCUT2D eigenvalue weighted by atomic mass is 16.5. The molecule has 0 N–H and O–H groups in total. The second kappa shape index (κ2) is 4.60. The average Bonchev–Trinajstić information content (AvgIpc) is 2.19. The molecule has 0 aromatic heterocycles. The molecule has 0 aliphatic rings. The lowest BCUT2D eigenvalue weighted by Crippen LogP contribution is -2.21. The fraction of sp³-hybridized carbons (Fsp3) is 0.200. The minimum absolute atomic E-state index is 0.206. The fourth-order valence-electron chi connectivity index (χ4n) is 1.30. The third-order valence-corrected chi connectivity index (χ3v) is 1.98. The van der Waals surface area contributed by atoms with Crippen molar-refractivity contribution in [1.29, 1.82) is 0 Å². The lowest BCUT2D eigenvalue weighted by Gasteiger charge is -2.11. The van der Waals surface area contributed by atoms with Crippen LogP contribution in [0.2, 0.25) is 0 Å². The number of hydrogen-bond acceptors (Lipinski definition) is 3. The third kappa shape index (κ3) is 2.22. The number of rotatable bonds is 3. The van der Waals surface area contributed by atoms with Gasteiger partial charge in [-0.25, -0.2) is 0 Å². The van der Waals surface area contributed by atoms with Crippen molar-refractivity contribution in [2.75, 3.05) is 0 Å². The predicted octanol–water partition coefficient (Wildman–Crippen LogP) is 0.450. The Morgan fingerprint density at radius 2 is 1.86 bits per heavy atom. The molecule has 3 nitrogen and oxygen atoms in total. The molecule has 14 heavy (non-hydrogen) atoms. The van der Waals surface area contributed by atoms with Crippen LogP contribution in [-0.4, -0.2) is 19.8 Å². The highest BCUT2D eigenvalue weighted by Crippen LogP contribution is 2.17. The molecule has 0 amide bonds. The molecule has 0 spiro atoms. The second-order valence-electron chi connectivity index (χ2n) is 2.98. The number of carbonyl (C=O) groups excluding carboxylic acids is 2. The lowest BCUT2D eigenvalue weighted by atomic mass is 9.95. The first kappa shape index (κ1) is 10.5. The fourth-order valence-corrected chi connectivity index (χ4v) is 1.30. The summed E-state index contributed by atoms with van der Waals surface area (Å²) in [7, 11) is 1.28. The van der Waals surface area contributed by atoms with Crippen molar-refractivity contribution in [3.8, 4) is 0 Å². The quantitative estimate of drug-likeness (QED) is 0.513. The largest absolute Gasteiger partial charge is 0.543 e. The van der Waals surface area contributed by atoms with Crippen molar-refractivity contribution in [2.45, 2.75) is 12.8 Å². The SMILES string of the molecule is BOC(=O)C(C(C)=O)c1ccccc1.